The Bertz CT molecular complexity index is 454. The number of ketones is 1. The molecule has 0 aromatic heterocycles. The van der Waals surface area contributed by atoms with Crippen LogP contribution in [0.1, 0.15) is 15.9 Å². The minimum atomic E-state index is -5.12. The minimum absolute atomic E-state index is 0.292. The molecule has 0 saturated heterocycles. The lowest BCUT2D eigenvalue weighted by atomic mass is 10.0. The van der Waals surface area contributed by atoms with Gasteiger partial charge in [-0.3, -0.25) is 4.79 Å². The standard InChI is InChI=1S/C10H6F6O/c1-4-2-3-5(11)6(7(4)12)8(17)10(15,16)9(13)14/h2-3,9H,1H3. The van der Waals surface area contributed by atoms with Crippen LogP contribution in [-0.2, 0) is 0 Å². The molecule has 1 aromatic carbocycles. The van der Waals surface area contributed by atoms with Gasteiger partial charge >= 0.3 is 12.3 Å². The molecule has 0 fully saturated rings. The van der Waals surface area contributed by atoms with E-state index in [1.54, 1.807) is 0 Å². The predicted molar refractivity (Wildman–Crippen MR) is 46.4 cm³/mol. The van der Waals surface area contributed by atoms with Gasteiger partial charge in [0.2, 0.25) is 5.78 Å². The van der Waals surface area contributed by atoms with E-state index in [1.807, 2.05) is 0 Å². The molecule has 1 aromatic rings. The van der Waals surface area contributed by atoms with Gasteiger partial charge in [-0.1, -0.05) is 6.07 Å². The predicted octanol–water partition coefficient (Wildman–Crippen LogP) is 3.36. The monoisotopic (exact) mass is 256 g/mol. The average molecular weight is 256 g/mol. The molecular formula is C10H6F6O. The zero-order chi connectivity index (χ0) is 13.4. The fourth-order valence-electron chi connectivity index (χ4n) is 1.13. The van der Waals surface area contributed by atoms with Gasteiger partial charge in [0, 0.05) is 0 Å². The number of benzene rings is 1. The second-order valence-electron chi connectivity index (χ2n) is 3.31. The van der Waals surface area contributed by atoms with E-state index in [9.17, 15) is 31.1 Å². The number of Topliss-reactive ketones (excluding diaryl/α,β-unsaturated/α-hetero) is 1. The van der Waals surface area contributed by atoms with Crippen LogP contribution in [0.2, 0.25) is 0 Å². The van der Waals surface area contributed by atoms with Gasteiger partial charge in [-0.2, -0.15) is 8.78 Å². The van der Waals surface area contributed by atoms with Crippen molar-refractivity contribution < 1.29 is 31.1 Å². The Labute approximate surface area is 92.0 Å². The Morgan fingerprint density at radius 1 is 1.24 bits per heavy atom. The Kier molecular flexibility index (Phi) is 3.49. The molecule has 0 radical (unpaired) electrons. The lowest BCUT2D eigenvalue weighted by Gasteiger charge is -2.15. The summed E-state index contributed by atoms with van der Waals surface area (Å²) in [6, 6.07) is 1.47. The van der Waals surface area contributed by atoms with Crippen molar-refractivity contribution in [3.05, 3.63) is 34.9 Å². The lowest BCUT2D eigenvalue weighted by Crippen LogP contribution is -2.37. The molecule has 0 aliphatic heterocycles. The molecule has 0 amide bonds. The van der Waals surface area contributed by atoms with Gasteiger partial charge in [-0.05, 0) is 18.6 Å². The van der Waals surface area contributed by atoms with Crippen molar-refractivity contribution in [3.8, 4) is 0 Å². The zero-order valence-corrected chi connectivity index (χ0v) is 8.41. The molecule has 0 aliphatic rings. The summed E-state index contributed by atoms with van der Waals surface area (Å²) in [5, 5.41) is 0. The second kappa shape index (κ2) is 4.38. The van der Waals surface area contributed by atoms with Crippen molar-refractivity contribution in [3.63, 3.8) is 0 Å². The van der Waals surface area contributed by atoms with Crippen LogP contribution in [0.5, 0.6) is 0 Å². The number of rotatable bonds is 3. The molecule has 0 saturated carbocycles. The van der Waals surface area contributed by atoms with Gasteiger partial charge in [0.15, 0.2) is 0 Å². The SMILES string of the molecule is Cc1ccc(F)c(C(=O)C(F)(F)C(F)F)c1F. The molecule has 0 spiro atoms. The van der Waals surface area contributed by atoms with Crippen molar-refractivity contribution in [2.45, 2.75) is 19.3 Å². The lowest BCUT2D eigenvalue weighted by molar-refractivity contribution is -0.0961. The summed E-state index contributed by atoms with van der Waals surface area (Å²) in [5.74, 6) is -10.8. The Hall–Kier alpha value is -1.53. The van der Waals surface area contributed by atoms with Gasteiger partial charge in [-0.15, -0.1) is 0 Å². The Balaban J connectivity index is 3.36. The van der Waals surface area contributed by atoms with E-state index >= 15 is 0 Å². The first-order chi connectivity index (χ1) is 7.69. The second-order valence-corrected chi connectivity index (χ2v) is 3.31. The summed E-state index contributed by atoms with van der Waals surface area (Å²) < 4.78 is 75.5. The van der Waals surface area contributed by atoms with Crippen LogP contribution in [0.4, 0.5) is 26.3 Å². The normalized spacial score (nSPS) is 12.0. The summed E-state index contributed by atoms with van der Waals surface area (Å²) in [5.41, 5.74) is -1.94. The van der Waals surface area contributed by atoms with E-state index in [-0.39, 0.29) is 5.56 Å². The van der Waals surface area contributed by atoms with Crippen LogP contribution in [0, 0.1) is 18.6 Å². The first-order valence-electron chi connectivity index (χ1n) is 4.35. The Morgan fingerprint density at radius 2 is 1.76 bits per heavy atom. The smallest absolute Gasteiger partial charge is 0.287 e. The van der Waals surface area contributed by atoms with Crippen LogP contribution in [0.3, 0.4) is 0 Å². The highest BCUT2D eigenvalue weighted by Crippen LogP contribution is 2.30. The van der Waals surface area contributed by atoms with Gasteiger partial charge in [0.05, 0.1) is 5.56 Å². The summed E-state index contributed by atoms with van der Waals surface area (Å²) >= 11 is 0. The molecule has 0 aliphatic carbocycles. The number of hydrogen-bond acceptors (Lipinski definition) is 1. The summed E-state index contributed by atoms with van der Waals surface area (Å²) in [4.78, 5) is 11.0. The van der Waals surface area contributed by atoms with E-state index in [1.165, 1.54) is 0 Å². The molecule has 0 bridgehead atoms. The summed E-state index contributed by atoms with van der Waals surface area (Å²) in [7, 11) is 0. The highest BCUT2D eigenvalue weighted by molar-refractivity contribution is 6.02. The van der Waals surface area contributed by atoms with E-state index in [2.05, 4.69) is 0 Å². The number of carbonyl (C=O) groups is 1. The van der Waals surface area contributed by atoms with E-state index in [0.29, 0.717) is 6.07 Å². The third-order valence-corrected chi connectivity index (χ3v) is 2.09. The largest absolute Gasteiger partial charge is 0.369 e. The maximum absolute atomic E-state index is 13.3. The fraction of sp³-hybridized carbons (Fsp3) is 0.300. The maximum Gasteiger partial charge on any atom is 0.369 e. The highest BCUT2D eigenvalue weighted by Gasteiger charge is 2.50. The number of halogens is 6. The maximum atomic E-state index is 13.3. The van der Waals surface area contributed by atoms with Crippen molar-refractivity contribution in [1.82, 2.24) is 0 Å². The van der Waals surface area contributed by atoms with Gasteiger partial charge < -0.3 is 0 Å². The van der Waals surface area contributed by atoms with Gasteiger partial charge in [-0.25, -0.2) is 17.6 Å². The molecule has 1 nitrogen and oxygen atoms in total. The van der Waals surface area contributed by atoms with Gasteiger partial charge in [0.25, 0.3) is 0 Å². The van der Waals surface area contributed by atoms with Crippen molar-refractivity contribution >= 4 is 5.78 Å². The molecule has 0 atom stereocenters. The molecule has 0 unspecified atom stereocenters. The minimum Gasteiger partial charge on any atom is -0.287 e. The van der Waals surface area contributed by atoms with Crippen molar-refractivity contribution in [2.75, 3.05) is 0 Å². The first-order valence-corrected chi connectivity index (χ1v) is 4.35. The van der Waals surface area contributed by atoms with Gasteiger partial charge in [0.1, 0.15) is 11.6 Å². The third kappa shape index (κ3) is 2.27. The molecule has 17 heavy (non-hydrogen) atoms. The van der Waals surface area contributed by atoms with Crippen molar-refractivity contribution in [2.24, 2.45) is 0 Å². The quantitative estimate of drug-likeness (QED) is 0.598. The number of carbonyl (C=O) groups excluding carboxylic acids is 1. The number of hydrogen-bond donors (Lipinski definition) is 0. The zero-order valence-electron chi connectivity index (χ0n) is 8.41. The topological polar surface area (TPSA) is 17.1 Å². The first kappa shape index (κ1) is 13.5. The number of alkyl halides is 4. The molecule has 1 rings (SSSR count). The van der Waals surface area contributed by atoms with Crippen LogP contribution in [0.15, 0.2) is 12.1 Å². The van der Waals surface area contributed by atoms with E-state index in [0.717, 1.165) is 13.0 Å². The summed E-state index contributed by atoms with van der Waals surface area (Å²) in [6.07, 6.45) is -4.32. The average Bonchev–Trinajstić information content (AvgIpc) is 2.23. The molecule has 94 valence electrons. The van der Waals surface area contributed by atoms with E-state index < -0.39 is 35.3 Å². The molecular weight excluding hydrogens is 250 g/mol. The highest BCUT2D eigenvalue weighted by atomic mass is 19.3. The molecule has 7 heteroatoms. The molecule has 0 heterocycles. The molecule has 0 N–H and O–H groups in total. The van der Waals surface area contributed by atoms with Crippen molar-refractivity contribution in [1.29, 1.82) is 0 Å². The Morgan fingerprint density at radius 3 is 2.24 bits per heavy atom. The van der Waals surface area contributed by atoms with Crippen LogP contribution in [0.25, 0.3) is 0 Å². The van der Waals surface area contributed by atoms with Crippen LogP contribution in [-0.4, -0.2) is 18.1 Å². The third-order valence-electron chi connectivity index (χ3n) is 2.09. The fourth-order valence-corrected chi connectivity index (χ4v) is 1.13. The summed E-state index contributed by atoms with van der Waals surface area (Å²) in [6.45, 7) is 1.09. The van der Waals surface area contributed by atoms with Crippen LogP contribution < -0.4 is 0 Å². The van der Waals surface area contributed by atoms with Crippen LogP contribution >= 0.6 is 0 Å². The number of aryl methyl sites for hydroxylation is 1. The van der Waals surface area contributed by atoms with E-state index in [4.69, 9.17) is 0 Å².